The molecule has 4 nitrogen and oxygen atoms in total. The predicted molar refractivity (Wildman–Crippen MR) is 118 cm³/mol. The number of ether oxygens (including phenoxy) is 2. The van der Waals surface area contributed by atoms with E-state index in [0.29, 0.717) is 11.5 Å². The summed E-state index contributed by atoms with van der Waals surface area (Å²) < 4.78 is 12.1. The largest absolute Gasteiger partial charge is 0.508 e. The molecule has 0 aliphatic rings. The van der Waals surface area contributed by atoms with Gasteiger partial charge in [0.15, 0.2) is 0 Å². The maximum Gasteiger partial charge on any atom is 0.127 e. The molecule has 0 fully saturated rings. The smallest absolute Gasteiger partial charge is 0.127 e. The summed E-state index contributed by atoms with van der Waals surface area (Å²) in [7, 11) is 0. The maximum atomic E-state index is 10.0. The van der Waals surface area contributed by atoms with Crippen LogP contribution >= 0.6 is 0 Å². The highest BCUT2D eigenvalue weighted by Gasteiger charge is 2.23. The van der Waals surface area contributed by atoms with Crippen LogP contribution in [-0.4, -0.2) is 22.4 Å². The summed E-state index contributed by atoms with van der Waals surface area (Å²) in [6.07, 6.45) is 5.60. The number of aromatic hydroxyl groups is 2. The zero-order valence-electron chi connectivity index (χ0n) is 18.4. The highest BCUT2D eigenvalue weighted by molar-refractivity contribution is 5.51. The highest BCUT2D eigenvalue weighted by Crippen LogP contribution is 2.42. The summed E-state index contributed by atoms with van der Waals surface area (Å²) in [4.78, 5) is 0. The molecule has 2 aromatic rings. The van der Waals surface area contributed by atoms with Gasteiger partial charge in [0.25, 0.3) is 0 Å². The Labute approximate surface area is 175 Å². The van der Waals surface area contributed by atoms with E-state index in [9.17, 15) is 10.2 Å². The number of benzene rings is 2. The van der Waals surface area contributed by atoms with Crippen LogP contribution in [-0.2, 0) is 0 Å². The number of hydrogen-bond acceptors (Lipinski definition) is 4. The van der Waals surface area contributed by atoms with Crippen molar-refractivity contribution in [3.05, 3.63) is 47.5 Å². The topological polar surface area (TPSA) is 58.9 Å². The van der Waals surface area contributed by atoms with Crippen molar-refractivity contribution in [1.82, 2.24) is 0 Å². The molecule has 0 aromatic heterocycles. The van der Waals surface area contributed by atoms with Gasteiger partial charge in [-0.3, -0.25) is 0 Å². The van der Waals surface area contributed by atoms with Gasteiger partial charge >= 0.3 is 0 Å². The van der Waals surface area contributed by atoms with Crippen molar-refractivity contribution in [2.24, 2.45) is 0 Å². The SMILES string of the molecule is CCCCCCC(c1ccc(O)cc1OC(C)C)c1ccc(O)cc1OC(C)C. The Morgan fingerprint density at radius 2 is 1.21 bits per heavy atom. The van der Waals surface area contributed by atoms with Crippen molar-refractivity contribution in [3.8, 4) is 23.0 Å². The molecule has 0 bridgehead atoms. The Morgan fingerprint density at radius 3 is 1.62 bits per heavy atom. The van der Waals surface area contributed by atoms with Crippen molar-refractivity contribution in [2.45, 2.75) is 84.8 Å². The third kappa shape index (κ3) is 6.88. The summed E-state index contributed by atoms with van der Waals surface area (Å²) in [5.74, 6) is 1.83. The van der Waals surface area contributed by atoms with Crippen LogP contribution in [0.3, 0.4) is 0 Å². The summed E-state index contributed by atoms with van der Waals surface area (Å²) >= 11 is 0. The summed E-state index contributed by atoms with van der Waals surface area (Å²) in [6, 6.07) is 10.7. The van der Waals surface area contributed by atoms with Crippen LogP contribution in [0.5, 0.6) is 23.0 Å². The predicted octanol–water partition coefficient (Wildman–Crippen LogP) is 6.77. The molecular weight excluding hydrogens is 364 g/mol. The number of phenols is 2. The Balaban J connectivity index is 2.51. The van der Waals surface area contributed by atoms with Crippen LogP contribution in [0.15, 0.2) is 36.4 Å². The molecule has 160 valence electrons. The third-order valence-corrected chi connectivity index (χ3v) is 4.82. The van der Waals surface area contributed by atoms with Crippen molar-refractivity contribution in [3.63, 3.8) is 0 Å². The second-order valence-electron chi connectivity index (χ2n) is 8.18. The van der Waals surface area contributed by atoms with E-state index in [1.807, 2.05) is 39.8 Å². The summed E-state index contributed by atoms with van der Waals surface area (Å²) in [5.41, 5.74) is 2.07. The Kier molecular flexibility index (Phi) is 8.69. The van der Waals surface area contributed by atoms with E-state index in [1.54, 1.807) is 24.3 Å². The lowest BCUT2D eigenvalue weighted by atomic mass is 9.85. The number of unbranched alkanes of at least 4 members (excludes halogenated alkanes) is 3. The van der Waals surface area contributed by atoms with Crippen molar-refractivity contribution in [2.75, 3.05) is 0 Å². The molecule has 29 heavy (non-hydrogen) atoms. The van der Waals surface area contributed by atoms with E-state index in [4.69, 9.17) is 9.47 Å². The summed E-state index contributed by atoms with van der Waals surface area (Å²) in [5, 5.41) is 20.0. The quantitative estimate of drug-likeness (QED) is 0.408. The lowest BCUT2D eigenvalue weighted by Gasteiger charge is -2.25. The molecule has 4 heteroatoms. The first-order valence-corrected chi connectivity index (χ1v) is 10.8. The average Bonchev–Trinajstić information content (AvgIpc) is 2.62. The van der Waals surface area contributed by atoms with Gasteiger partial charge in [0, 0.05) is 29.2 Å². The zero-order chi connectivity index (χ0) is 21.4. The first-order valence-electron chi connectivity index (χ1n) is 10.8. The molecule has 0 radical (unpaired) electrons. The first-order chi connectivity index (χ1) is 13.8. The maximum absolute atomic E-state index is 10.0. The second kappa shape index (κ2) is 11.0. The molecular formula is C25H36O4. The number of hydrogen-bond donors (Lipinski definition) is 2. The Hall–Kier alpha value is -2.36. The van der Waals surface area contributed by atoms with E-state index in [0.717, 1.165) is 24.0 Å². The molecule has 0 saturated carbocycles. The fourth-order valence-electron chi connectivity index (χ4n) is 3.59. The van der Waals surface area contributed by atoms with Crippen molar-refractivity contribution in [1.29, 1.82) is 0 Å². The fraction of sp³-hybridized carbons (Fsp3) is 0.520. The number of phenolic OH excluding ortho intramolecular Hbond substituents is 2. The first kappa shape index (κ1) is 22.9. The third-order valence-electron chi connectivity index (χ3n) is 4.82. The molecule has 0 aliphatic carbocycles. The van der Waals surface area contributed by atoms with Crippen LogP contribution in [0, 0.1) is 0 Å². The minimum atomic E-state index is 0.00231. The van der Waals surface area contributed by atoms with Gasteiger partial charge in [0.1, 0.15) is 23.0 Å². The van der Waals surface area contributed by atoms with Crippen molar-refractivity contribution >= 4 is 0 Å². The van der Waals surface area contributed by atoms with E-state index in [1.165, 1.54) is 19.3 Å². The molecule has 0 heterocycles. The molecule has 2 N–H and O–H groups in total. The van der Waals surface area contributed by atoms with Gasteiger partial charge < -0.3 is 19.7 Å². The Bertz CT molecular complexity index is 708. The van der Waals surface area contributed by atoms with E-state index >= 15 is 0 Å². The monoisotopic (exact) mass is 400 g/mol. The van der Waals surface area contributed by atoms with Gasteiger partial charge in [-0.05, 0) is 46.2 Å². The van der Waals surface area contributed by atoms with Gasteiger partial charge in [-0.15, -0.1) is 0 Å². The normalized spacial score (nSPS) is 11.4. The van der Waals surface area contributed by atoms with E-state index in [-0.39, 0.29) is 29.6 Å². The number of rotatable bonds is 11. The molecule has 0 unspecified atom stereocenters. The zero-order valence-corrected chi connectivity index (χ0v) is 18.4. The minimum Gasteiger partial charge on any atom is -0.508 e. The van der Waals surface area contributed by atoms with Crippen molar-refractivity contribution < 1.29 is 19.7 Å². The van der Waals surface area contributed by atoms with Crippen LogP contribution in [0.4, 0.5) is 0 Å². The Morgan fingerprint density at radius 1 is 0.724 bits per heavy atom. The van der Waals surface area contributed by atoms with Crippen LogP contribution in [0.25, 0.3) is 0 Å². The molecule has 0 atom stereocenters. The molecule has 2 rings (SSSR count). The van der Waals surface area contributed by atoms with Gasteiger partial charge in [-0.1, -0.05) is 44.7 Å². The highest BCUT2D eigenvalue weighted by atomic mass is 16.5. The second-order valence-corrected chi connectivity index (χ2v) is 8.18. The average molecular weight is 401 g/mol. The van der Waals surface area contributed by atoms with Gasteiger partial charge in [0.05, 0.1) is 12.2 Å². The van der Waals surface area contributed by atoms with Gasteiger partial charge in [-0.25, -0.2) is 0 Å². The molecule has 0 amide bonds. The minimum absolute atomic E-state index is 0.00231. The summed E-state index contributed by atoms with van der Waals surface area (Å²) in [6.45, 7) is 10.1. The molecule has 2 aromatic carbocycles. The van der Waals surface area contributed by atoms with E-state index in [2.05, 4.69) is 6.92 Å². The van der Waals surface area contributed by atoms with Gasteiger partial charge in [-0.2, -0.15) is 0 Å². The standard InChI is InChI=1S/C25H36O4/c1-6-7-8-9-10-21(22-13-11-19(26)15-24(22)28-17(2)3)23-14-12-20(27)16-25(23)29-18(4)5/h11-18,21,26-27H,6-10H2,1-5H3. The molecule has 0 aliphatic heterocycles. The van der Waals surface area contributed by atoms with Crippen LogP contribution in [0.2, 0.25) is 0 Å². The van der Waals surface area contributed by atoms with Gasteiger partial charge in [0.2, 0.25) is 0 Å². The fourth-order valence-corrected chi connectivity index (χ4v) is 3.59. The molecule has 0 saturated heterocycles. The van der Waals surface area contributed by atoms with Crippen LogP contribution < -0.4 is 9.47 Å². The lowest BCUT2D eigenvalue weighted by molar-refractivity contribution is 0.234. The van der Waals surface area contributed by atoms with E-state index < -0.39 is 0 Å². The lowest BCUT2D eigenvalue weighted by Crippen LogP contribution is -2.13. The molecule has 0 spiro atoms. The van der Waals surface area contributed by atoms with Crippen LogP contribution in [0.1, 0.15) is 83.8 Å².